The van der Waals surface area contributed by atoms with Crippen molar-refractivity contribution in [2.24, 2.45) is 0 Å². The molecule has 1 saturated carbocycles. The van der Waals surface area contributed by atoms with Crippen molar-refractivity contribution >= 4 is 17.4 Å². The minimum atomic E-state index is -4.33. The fourth-order valence-electron chi connectivity index (χ4n) is 3.75. The van der Waals surface area contributed by atoms with Crippen molar-refractivity contribution in [2.45, 2.75) is 22.3 Å². The van der Waals surface area contributed by atoms with Crippen LogP contribution < -0.4 is 4.74 Å². The molecule has 0 aliphatic heterocycles. The zero-order chi connectivity index (χ0) is 23.1. The second-order valence-corrected chi connectivity index (χ2v) is 7.34. The minimum absolute atomic E-state index is 0.334. The summed E-state index contributed by atoms with van der Waals surface area (Å²) in [4.78, 5) is 12.3. The average molecular weight is 473 g/mol. The first kappa shape index (κ1) is 21.5. The van der Waals surface area contributed by atoms with Crippen LogP contribution >= 0.6 is 11.6 Å². The lowest BCUT2D eigenvalue weighted by molar-refractivity contribution is -0.136. The first-order chi connectivity index (χ1) is 14.3. The van der Waals surface area contributed by atoms with E-state index in [2.05, 4.69) is 4.74 Å². The topological polar surface area (TPSA) is 26.3 Å². The molecule has 0 aromatic heterocycles. The number of carbonyl (C=O) groups excluding carboxylic acids is 1. The number of fused-ring (bicyclic) bond motifs is 1. The second-order valence-electron chi connectivity index (χ2n) is 6.82. The van der Waals surface area contributed by atoms with Crippen LogP contribution in [-0.4, -0.2) is 22.2 Å². The fraction of sp³-hybridized carbons (Fsp3) is 0.211. The van der Waals surface area contributed by atoms with Crippen molar-refractivity contribution in [2.75, 3.05) is 0 Å². The van der Waals surface area contributed by atoms with Gasteiger partial charge in [-0.05, 0) is 5.56 Å². The van der Waals surface area contributed by atoms with Gasteiger partial charge in [0, 0.05) is 0 Å². The number of Topliss-reactive ketones (excluding diaryl/α,β-unsaturated/α-hetero) is 1. The lowest BCUT2D eigenvalue weighted by atomic mass is 9.97. The van der Waals surface area contributed by atoms with E-state index < -0.39 is 74.6 Å². The summed E-state index contributed by atoms with van der Waals surface area (Å²) in [5.74, 6) is -25.0. The van der Waals surface area contributed by atoms with Crippen LogP contribution in [0.15, 0.2) is 42.0 Å². The van der Waals surface area contributed by atoms with E-state index in [0.717, 1.165) is 12.1 Å². The highest BCUT2D eigenvalue weighted by atomic mass is 35.5. The maximum absolute atomic E-state index is 15.7. The summed E-state index contributed by atoms with van der Waals surface area (Å²) in [6.45, 7) is 0. The average Bonchev–Trinajstić information content (AvgIpc) is 3.32. The Morgan fingerprint density at radius 3 is 1.77 bits per heavy atom. The van der Waals surface area contributed by atoms with Crippen LogP contribution in [0.1, 0.15) is 11.5 Å². The Morgan fingerprint density at radius 2 is 1.26 bits per heavy atom. The van der Waals surface area contributed by atoms with Gasteiger partial charge in [-0.15, -0.1) is 0 Å². The Bertz CT molecular complexity index is 1140. The second kappa shape index (κ2) is 6.41. The molecule has 2 nitrogen and oxygen atoms in total. The molecule has 164 valence electrons. The number of rotatable bonds is 3. The van der Waals surface area contributed by atoms with Gasteiger partial charge in [0.1, 0.15) is 0 Å². The summed E-state index contributed by atoms with van der Waals surface area (Å²) < 4.78 is 132. The third kappa shape index (κ3) is 2.40. The Labute approximate surface area is 171 Å². The van der Waals surface area contributed by atoms with E-state index in [0.29, 0.717) is 0 Å². The van der Waals surface area contributed by atoms with Gasteiger partial charge in [0.2, 0.25) is 46.1 Å². The van der Waals surface area contributed by atoms with Gasteiger partial charge in [0.25, 0.3) is 5.13 Å². The number of benzene rings is 2. The maximum atomic E-state index is 15.7. The fourth-order valence-corrected chi connectivity index (χ4v) is 3.97. The maximum Gasteiger partial charge on any atom is 0.298 e. The van der Waals surface area contributed by atoms with Crippen LogP contribution in [0.3, 0.4) is 0 Å². The lowest BCUT2D eigenvalue weighted by Gasteiger charge is -2.28. The van der Waals surface area contributed by atoms with E-state index in [1.165, 1.54) is 18.2 Å². The smallest absolute Gasteiger partial charge is 0.298 e. The molecule has 3 unspecified atom stereocenters. The van der Waals surface area contributed by atoms with Crippen molar-refractivity contribution in [3.05, 3.63) is 76.6 Å². The van der Waals surface area contributed by atoms with Crippen LogP contribution in [-0.2, 0) is 4.79 Å². The van der Waals surface area contributed by atoms with E-state index in [1.54, 1.807) is 0 Å². The largest absolute Gasteiger partial charge is 0.469 e. The highest BCUT2D eigenvalue weighted by Gasteiger charge is 2.93. The molecule has 0 amide bonds. The summed E-state index contributed by atoms with van der Waals surface area (Å²) in [5.41, 5.74) is -7.83. The molecule has 2 aliphatic rings. The molecule has 1 fully saturated rings. The Morgan fingerprint density at radius 1 is 0.774 bits per heavy atom. The van der Waals surface area contributed by atoms with Gasteiger partial charge >= 0.3 is 0 Å². The zero-order valence-corrected chi connectivity index (χ0v) is 15.3. The Kier molecular flexibility index (Phi) is 4.45. The summed E-state index contributed by atoms with van der Waals surface area (Å²) in [5, 5.41) is -4.33. The van der Waals surface area contributed by atoms with Gasteiger partial charge in [-0.2, -0.15) is 8.78 Å². The van der Waals surface area contributed by atoms with Crippen molar-refractivity contribution in [1.82, 2.24) is 0 Å². The van der Waals surface area contributed by atoms with Gasteiger partial charge in [-0.3, -0.25) is 4.79 Å². The molecule has 4 rings (SSSR count). The van der Waals surface area contributed by atoms with Crippen molar-refractivity contribution in [3.8, 4) is 5.75 Å². The van der Waals surface area contributed by atoms with Crippen LogP contribution in [0.5, 0.6) is 5.75 Å². The molecular weight excluding hydrogens is 467 g/mol. The highest BCUT2D eigenvalue weighted by Crippen LogP contribution is 2.74. The molecule has 0 bridgehead atoms. The molecule has 0 spiro atoms. The molecule has 31 heavy (non-hydrogen) atoms. The molecule has 2 aromatic carbocycles. The number of allylic oxidation sites excluding steroid dienone is 1. The van der Waals surface area contributed by atoms with E-state index in [9.17, 15) is 39.9 Å². The summed E-state index contributed by atoms with van der Waals surface area (Å²) in [6, 6.07) is 5.97. The molecule has 0 radical (unpaired) electrons. The molecule has 2 aliphatic carbocycles. The van der Waals surface area contributed by atoms with Crippen molar-refractivity contribution < 1.29 is 49.0 Å². The normalized spacial score (nSPS) is 32.2. The van der Waals surface area contributed by atoms with Gasteiger partial charge < -0.3 is 4.74 Å². The van der Waals surface area contributed by atoms with Gasteiger partial charge in [0.05, 0.1) is 5.92 Å². The zero-order valence-electron chi connectivity index (χ0n) is 14.6. The predicted octanol–water partition coefficient (Wildman–Crippen LogP) is 5.64. The van der Waals surface area contributed by atoms with E-state index in [-0.39, 0.29) is 5.56 Å². The number of alkyl halides is 3. The SMILES string of the molecule is O=C1C2(F)C(c3ccccc3)C2(Oc2c(F)c(F)c(F)c(F)c2F)C(F)=C(F)[C@]1(F)Cl. The van der Waals surface area contributed by atoms with E-state index >= 15 is 4.39 Å². The molecule has 0 saturated heterocycles. The number of hydrogen-bond acceptors (Lipinski definition) is 2. The first-order valence-corrected chi connectivity index (χ1v) is 8.66. The Balaban J connectivity index is 2.00. The molecule has 4 atom stereocenters. The first-order valence-electron chi connectivity index (χ1n) is 8.28. The van der Waals surface area contributed by atoms with Crippen LogP contribution in [0.4, 0.5) is 39.5 Å². The van der Waals surface area contributed by atoms with E-state index in [4.69, 9.17) is 11.6 Å². The molecule has 0 N–H and O–H groups in total. The molecule has 12 heteroatoms. The number of carbonyl (C=O) groups is 1. The van der Waals surface area contributed by atoms with Gasteiger partial charge in [-0.25, -0.2) is 30.7 Å². The third-order valence-electron chi connectivity index (χ3n) is 5.24. The quantitative estimate of drug-likeness (QED) is 0.250. The Hall–Kier alpha value is -2.69. The number of hydrogen-bond donors (Lipinski definition) is 0. The summed E-state index contributed by atoms with van der Waals surface area (Å²) in [6.07, 6.45) is 0. The standard InChI is InChI=1S/C19H6ClF9O2/c20-19(29)15(27)14(26)18(31-12-10(24)8(22)7(21)9(23)11(12)25)13(17(18,28)16(19)30)6-4-2-1-3-5-6/h1-5,13H/t13?,17?,18?,19-/m1/s1. The molecule has 0 heterocycles. The number of ketones is 1. The van der Waals surface area contributed by atoms with Gasteiger partial charge in [-0.1, -0.05) is 41.9 Å². The summed E-state index contributed by atoms with van der Waals surface area (Å²) >= 11 is 5.03. The lowest BCUT2D eigenvalue weighted by Crippen LogP contribution is -2.49. The third-order valence-corrected chi connectivity index (χ3v) is 5.57. The van der Waals surface area contributed by atoms with E-state index in [1.807, 2.05) is 0 Å². The monoisotopic (exact) mass is 472 g/mol. The highest BCUT2D eigenvalue weighted by molar-refractivity contribution is 6.38. The van der Waals surface area contributed by atoms with Crippen LogP contribution in [0.2, 0.25) is 0 Å². The number of halogens is 10. The molecular formula is C19H6ClF9O2. The number of ether oxygens (including phenoxy) is 1. The van der Waals surface area contributed by atoms with Crippen LogP contribution in [0, 0.1) is 29.1 Å². The molecule has 2 aromatic rings. The van der Waals surface area contributed by atoms with Crippen molar-refractivity contribution in [3.63, 3.8) is 0 Å². The predicted molar refractivity (Wildman–Crippen MR) is 86.6 cm³/mol. The minimum Gasteiger partial charge on any atom is -0.469 e. The van der Waals surface area contributed by atoms with Crippen LogP contribution in [0.25, 0.3) is 0 Å². The van der Waals surface area contributed by atoms with Gasteiger partial charge in [0.15, 0.2) is 17.4 Å². The van der Waals surface area contributed by atoms with Crippen molar-refractivity contribution in [1.29, 1.82) is 0 Å². The summed E-state index contributed by atoms with van der Waals surface area (Å²) in [7, 11) is 0.